The van der Waals surface area contributed by atoms with Gasteiger partial charge in [0.2, 0.25) is 0 Å². The van der Waals surface area contributed by atoms with Gasteiger partial charge in [-0.2, -0.15) is 0 Å². The molecule has 25 heavy (non-hydrogen) atoms. The van der Waals surface area contributed by atoms with Gasteiger partial charge >= 0.3 is 5.97 Å². The standard InChI is InChI=1S/C19H15FN2O3/c20-15-6-3-12(4-7-15)17(11-18(23)24)22-19(25)14-5-8-16-13(10-14)2-1-9-21-16/h1-10,17H,11H2,(H,22,25)(H,23,24)/t17-/m1/s1. The summed E-state index contributed by atoms with van der Waals surface area (Å²) in [5.41, 5.74) is 1.69. The van der Waals surface area contributed by atoms with Gasteiger partial charge in [-0.05, 0) is 42.0 Å². The third-order valence-corrected chi connectivity index (χ3v) is 3.82. The van der Waals surface area contributed by atoms with Crippen molar-refractivity contribution in [1.82, 2.24) is 10.3 Å². The van der Waals surface area contributed by atoms with Gasteiger partial charge in [-0.3, -0.25) is 14.6 Å². The van der Waals surface area contributed by atoms with Gasteiger partial charge in [-0.15, -0.1) is 0 Å². The van der Waals surface area contributed by atoms with E-state index in [0.717, 1.165) is 10.9 Å². The van der Waals surface area contributed by atoms with E-state index >= 15 is 0 Å². The van der Waals surface area contributed by atoms with Gasteiger partial charge in [0.25, 0.3) is 5.91 Å². The largest absolute Gasteiger partial charge is 0.481 e. The van der Waals surface area contributed by atoms with Crippen LogP contribution in [0.2, 0.25) is 0 Å². The molecule has 0 aliphatic heterocycles. The first-order valence-corrected chi connectivity index (χ1v) is 7.66. The molecule has 6 heteroatoms. The normalized spacial score (nSPS) is 11.9. The molecular formula is C19H15FN2O3. The summed E-state index contributed by atoms with van der Waals surface area (Å²) in [5.74, 6) is -1.88. The lowest BCUT2D eigenvalue weighted by Crippen LogP contribution is -2.30. The highest BCUT2D eigenvalue weighted by Gasteiger charge is 2.19. The zero-order valence-corrected chi connectivity index (χ0v) is 13.1. The topological polar surface area (TPSA) is 79.3 Å². The van der Waals surface area contributed by atoms with E-state index in [4.69, 9.17) is 5.11 Å². The van der Waals surface area contributed by atoms with Crippen LogP contribution in [0, 0.1) is 5.82 Å². The minimum Gasteiger partial charge on any atom is -0.481 e. The van der Waals surface area contributed by atoms with E-state index in [0.29, 0.717) is 11.1 Å². The molecule has 0 saturated carbocycles. The number of hydrogen-bond donors (Lipinski definition) is 2. The number of carboxylic acid groups (broad SMARTS) is 1. The lowest BCUT2D eigenvalue weighted by atomic mass is 10.0. The van der Waals surface area contributed by atoms with Crippen molar-refractivity contribution in [3.8, 4) is 0 Å². The number of amides is 1. The second kappa shape index (κ2) is 7.09. The Balaban J connectivity index is 1.85. The number of carbonyl (C=O) groups is 2. The minimum absolute atomic E-state index is 0.299. The Morgan fingerprint density at radius 3 is 2.60 bits per heavy atom. The molecule has 0 aliphatic carbocycles. The van der Waals surface area contributed by atoms with Crippen LogP contribution >= 0.6 is 0 Å². The van der Waals surface area contributed by atoms with Gasteiger partial charge in [0.15, 0.2) is 0 Å². The molecule has 2 aromatic carbocycles. The molecule has 3 aromatic rings. The number of nitrogens with one attached hydrogen (secondary N) is 1. The highest BCUT2D eigenvalue weighted by molar-refractivity contribution is 5.98. The monoisotopic (exact) mass is 338 g/mol. The Morgan fingerprint density at radius 1 is 1.12 bits per heavy atom. The molecule has 2 N–H and O–H groups in total. The van der Waals surface area contributed by atoms with Crippen LogP contribution < -0.4 is 5.32 Å². The number of aliphatic carboxylic acids is 1. The molecule has 0 fully saturated rings. The van der Waals surface area contributed by atoms with Crippen LogP contribution in [0.5, 0.6) is 0 Å². The van der Waals surface area contributed by atoms with Crippen molar-refractivity contribution in [3.05, 3.63) is 77.7 Å². The average Bonchev–Trinajstić information content (AvgIpc) is 2.61. The summed E-state index contributed by atoms with van der Waals surface area (Å²) < 4.78 is 13.1. The van der Waals surface area contributed by atoms with Crippen LogP contribution in [0.25, 0.3) is 10.9 Å². The fourth-order valence-electron chi connectivity index (χ4n) is 2.58. The second-order valence-corrected chi connectivity index (χ2v) is 5.59. The zero-order chi connectivity index (χ0) is 17.8. The summed E-state index contributed by atoms with van der Waals surface area (Å²) in [6.45, 7) is 0. The quantitative estimate of drug-likeness (QED) is 0.748. The summed E-state index contributed by atoms with van der Waals surface area (Å²) in [4.78, 5) is 27.8. The van der Waals surface area contributed by atoms with E-state index in [-0.39, 0.29) is 6.42 Å². The zero-order valence-electron chi connectivity index (χ0n) is 13.1. The van der Waals surface area contributed by atoms with Gasteiger partial charge in [-0.25, -0.2) is 4.39 Å². The minimum atomic E-state index is -1.06. The van der Waals surface area contributed by atoms with E-state index in [1.165, 1.54) is 24.3 Å². The van der Waals surface area contributed by atoms with E-state index in [1.54, 1.807) is 30.5 Å². The van der Waals surface area contributed by atoms with Gasteiger partial charge in [0.05, 0.1) is 18.0 Å². The number of nitrogens with zero attached hydrogens (tertiary/aromatic N) is 1. The number of benzene rings is 2. The first kappa shape index (κ1) is 16.6. The summed E-state index contributed by atoms with van der Waals surface area (Å²) in [7, 11) is 0. The Bertz CT molecular complexity index is 925. The van der Waals surface area contributed by atoms with E-state index < -0.39 is 23.7 Å². The number of hydrogen-bond acceptors (Lipinski definition) is 3. The molecule has 0 aliphatic rings. The lowest BCUT2D eigenvalue weighted by molar-refractivity contribution is -0.137. The van der Waals surface area contributed by atoms with Crippen molar-refractivity contribution in [2.24, 2.45) is 0 Å². The molecule has 0 spiro atoms. The summed E-state index contributed by atoms with van der Waals surface area (Å²) in [6, 6.07) is 13.3. The third-order valence-electron chi connectivity index (χ3n) is 3.82. The second-order valence-electron chi connectivity index (χ2n) is 5.59. The van der Waals surface area contributed by atoms with Crippen molar-refractivity contribution in [1.29, 1.82) is 0 Å². The highest BCUT2D eigenvalue weighted by Crippen LogP contribution is 2.19. The molecule has 0 unspecified atom stereocenters. The average molecular weight is 338 g/mol. The first-order valence-electron chi connectivity index (χ1n) is 7.66. The molecule has 0 radical (unpaired) electrons. The van der Waals surface area contributed by atoms with Crippen LogP contribution in [0.4, 0.5) is 4.39 Å². The van der Waals surface area contributed by atoms with E-state index in [2.05, 4.69) is 10.3 Å². The maximum atomic E-state index is 13.1. The summed E-state index contributed by atoms with van der Waals surface area (Å²) in [5, 5.41) is 12.6. The molecule has 5 nitrogen and oxygen atoms in total. The van der Waals surface area contributed by atoms with Crippen molar-refractivity contribution in [2.75, 3.05) is 0 Å². The molecule has 1 amide bonds. The molecule has 0 saturated heterocycles. The van der Waals surface area contributed by atoms with Crippen LogP contribution in [-0.4, -0.2) is 22.0 Å². The molecule has 1 aromatic heterocycles. The van der Waals surface area contributed by atoms with Gasteiger partial charge in [0.1, 0.15) is 5.82 Å². The number of carboxylic acids is 1. The number of carbonyl (C=O) groups excluding carboxylic acids is 1. The van der Waals surface area contributed by atoms with E-state index in [1.807, 2.05) is 6.07 Å². The van der Waals surface area contributed by atoms with Gasteiger partial charge in [0, 0.05) is 17.1 Å². The molecule has 0 bridgehead atoms. The Hall–Kier alpha value is -3.28. The van der Waals surface area contributed by atoms with Crippen LogP contribution in [0.3, 0.4) is 0 Å². The summed E-state index contributed by atoms with van der Waals surface area (Å²) in [6.07, 6.45) is 1.37. The number of rotatable bonds is 5. The summed E-state index contributed by atoms with van der Waals surface area (Å²) >= 11 is 0. The fraction of sp³-hybridized carbons (Fsp3) is 0.105. The van der Waals surface area contributed by atoms with Crippen molar-refractivity contribution >= 4 is 22.8 Å². The Labute approximate surface area is 143 Å². The van der Waals surface area contributed by atoms with E-state index in [9.17, 15) is 14.0 Å². The molecule has 1 heterocycles. The van der Waals surface area contributed by atoms with Gasteiger partial charge in [-0.1, -0.05) is 18.2 Å². The number of fused-ring (bicyclic) bond motifs is 1. The highest BCUT2D eigenvalue weighted by atomic mass is 19.1. The Kier molecular flexibility index (Phi) is 4.70. The first-order chi connectivity index (χ1) is 12.0. The number of aromatic nitrogens is 1. The number of halogens is 1. The van der Waals surface area contributed by atoms with Crippen molar-refractivity contribution < 1.29 is 19.1 Å². The van der Waals surface area contributed by atoms with Crippen LogP contribution in [-0.2, 0) is 4.79 Å². The maximum Gasteiger partial charge on any atom is 0.305 e. The smallest absolute Gasteiger partial charge is 0.305 e. The molecule has 3 rings (SSSR count). The molecule has 126 valence electrons. The predicted octanol–water partition coefficient (Wildman–Crippen LogP) is 3.32. The van der Waals surface area contributed by atoms with Gasteiger partial charge < -0.3 is 10.4 Å². The Morgan fingerprint density at radius 2 is 1.88 bits per heavy atom. The fourth-order valence-corrected chi connectivity index (χ4v) is 2.58. The van der Waals surface area contributed by atoms with Crippen molar-refractivity contribution in [3.63, 3.8) is 0 Å². The third kappa shape index (κ3) is 3.98. The van der Waals surface area contributed by atoms with Crippen LogP contribution in [0.1, 0.15) is 28.4 Å². The predicted molar refractivity (Wildman–Crippen MR) is 90.6 cm³/mol. The SMILES string of the molecule is O=C(O)C[C@@H](NC(=O)c1ccc2ncccc2c1)c1ccc(F)cc1. The number of pyridine rings is 1. The van der Waals surface area contributed by atoms with Crippen LogP contribution in [0.15, 0.2) is 60.8 Å². The molecule has 1 atom stereocenters. The lowest BCUT2D eigenvalue weighted by Gasteiger charge is -2.17. The maximum absolute atomic E-state index is 13.1. The molecular weight excluding hydrogens is 323 g/mol. The van der Waals surface area contributed by atoms with Crippen molar-refractivity contribution in [2.45, 2.75) is 12.5 Å².